The van der Waals surface area contributed by atoms with Crippen molar-refractivity contribution in [2.75, 3.05) is 6.61 Å². The molecule has 4 heteroatoms. The van der Waals surface area contributed by atoms with Crippen molar-refractivity contribution in [3.8, 4) is 0 Å². The van der Waals surface area contributed by atoms with Crippen LogP contribution in [0.25, 0.3) is 0 Å². The fourth-order valence-corrected chi connectivity index (χ4v) is 4.25. The van der Waals surface area contributed by atoms with E-state index in [1.54, 1.807) is 12.1 Å². The lowest BCUT2D eigenvalue weighted by atomic mass is 9.88. The Hall–Kier alpha value is -3.40. The average molecular weight is 458 g/mol. The second kappa shape index (κ2) is 14.0. The van der Waals surface area contributed by atoms with E-state index in [9.17, 15) is 9.59 Å². The maximum Gasteiger partial charge on any atom is 0.311 e. The lowest BCUT2D eigenvalue weighted by Crippen LogP contribution is -2.44. The van der Waals surface area contributed by atoms with Gasteiger partial charge in [-0.15, -0.1) is 0 Å². The summed E-state index contributed by atoms with van der Waals surface area (Å²) in [4.78, 5) is 26.0. The molecular weight excluding hydrogens is 422 g/mol. The third-order valence-corrected chi connectivity index (χ3v) is 6.09. The summed E-state index contributed by atoms with van der Waals surface area (Å²) in [5.74, 6) is -0.766. The van der Waals surface area contributed by atoms with Gasteiger partial charge in [-0.05, 0) is 62.3 Å². The molecule has 1 N–H and O–H groups in total. The molecule has 0 aromatic heterocycles. The van der Waals surface area contributed by atoms with Crippen LogP contribution in [0.2, 0.25) is 0 Å². The van der Waals surface area contributed by atoms with Gasteiger partial charge in [0, 0.05) is 11.6 Å². The zero-order valence-corrected chi connectivity index (χ0v) is 20.0. The SMILES string of the molecule is CCOC(=O)[C@@H](CCCCc1ccccc1)[C@@H](CCc1ccccc1)NC(=O)c1ccccc1. The molecular formula is C30H35NO3. The zero-order chi connectivity index (χ0) is 24.0. The maximum atomic E-state index is 13.0. The second-order valence-electron chi connectivity index (χ2n) is 8.56. The summed E-state index contributed by atoms with van der Waals surface area (Å²) in [6, 6.07) is 29.4. The molecule has 0 saturated carbocycles. The van der Waals surface area contributed by atoms with Gasteiger partial charge >= 0.3 is 5.97 Å². The van der Waals surface area contributed by atoms with Crippen molar-refractivity contribution >= 4 is 11.9 Å². The van der Waals surface area contributed by atoms with Crippen LogP contribution in [-0.4, -0.2) is 24.5 Å². The van der Waals surface area contributed by atoms with Crippen molar-refractivity contribution in [2.45, 2.75) is 51.5 Å². The molecule has 2 atom stereocenters. The highest BCUT2D eigenvalue weighted by atomic mass is 16.5. The van der Waals surface area contributed by atoms with Crippen molar-refractivity contribution in [3.63, 3.8) is 0 Å². The minimum absolute atomic E-state index is 0.155. The molecule has 0 radical (unpaired) electrons. The highest BCUT2D eigenvalue weighted by molar-refractivity contribution is 5.94. The van der Waals surface area contributed by atoms with Gasteiger partial charge < -0.3 is 10.1 Å². The summed E-state index contributed by atoms with van der Waals surface area (Å²) >= 11 is 0. The third kappa shape index (κ3) is 8.18. The Morgan fingerprint density at radius 1 is 0.735 bits per heavy atom. The number of amides is 1. The van der Waals surface area contributed by atoms with E-state index in [-0.39, 0.29) is 23.8 Å². The minimum atomic E-state index is -0.382. The van der Waals surface area contributed by atoms with Crippen molar-refractivity contribution in [2.24, 2.45) is 5.92 Å². The lowest BCUT2D eigenvalue weighted by molar-refractivity contribution is -0.149. The number of aryl methyl sites for hydroxylation is 2. The van der Waals surface area contributed by atoms with Crippen molar-refractivity contribution < 1.29 is 14.3 Å². The summed E-state index contributed by atoms with van der Waals surface area (Å²) in [6.45, 7) is 2.16. The molecule has 0 aliphatic rings. The molecule has 0 aliphatic carbocycles. The van der Waals surface area contributed by atoms with Gasteiger partial charge in [-0.3, -0.25) is 9.59 Å². The minimum Gasteiger partial charge on any atom is -0.466 e. The van der Waals surface area contributed by atoms with Gasteiger partial charge in [0.25, 0.3) is 5.91 Å². The molecule has 0 bridgehead atoms. The Morgan fingerprint density at radius 3 is 1.88 bits per heavy atom. The van der Waals surface area contributed by atoms with Crippen LogP contribution in [0.1, 0.15) is 54.1 Å². The van der Waals surface area contributed by atoms with E-state index >= 15 is 0 Å². The fraction of sp³-hybridized carbons (Fsp3) is 0.333. The number of carbonyl (C=O) groups excluding carboxylic acids is 2. The summed E-state index contributed by atoms with van der Waals surface area (Å²) < 4.78 is 5.45. The first kappa shape index (κ1) is 25.2. The molecule has 3 aromatic rings. The molecule has 0 fully saturated rings. The van der Waals surface area contributed by atoms with Gasteiger partial charge in [0.2, 0.25) is 0 Å². The predicted molar refractivity (Wildman–Crippen MR) is 137 cm³/mol. The molecule has 34 heavy (non-hydrogen) atoms. The molecule has 178 valence electrons. The highest BCUT2D eigenvalue weighted by Gasteiger charge is 2.30. The molecule has 4 nitrogen and oxygen atoms in total. The van der Waals surface area contributed by atoms with E-state index < -0.39 is 0 Å². The Labute approximate surface area is 203 Å². The first-order chi connectivity index (χ1) is 16.7. The van der Waals surface area contributed by atoms with Crippen LogP contribution in [0.15, 0.2) is 91.0 Å². The van der Waals surface area contributed by atoms with Crippen LogP contribution in [0.5, 0.6) is 0 Å². The van der Waals surface area contributed by atoms with E-state index in [2.05, 4.69) is 41.7 Å². The van der Waals surface area contributed by atoms with E-state index in [4.69, 9.17) is 4.74 Å². The van der Waals surface area contributed by atoms with E-state index in [0.29, 0.717) is 25.0 Å². The van der Waals surface area contributed by atoms with Crippen molar-refractivity contribution in [1.82, 2.24) is 5.32 Å². The predicted octanol–water partition coefficient (Wildman–Crippen LogP) is 6.01. The van der Waals surface area contributed by atoms with Crippen molar-refractivity contribution in [3.05, 3.63) is 108 Å². The van der Waals surface area contributed by atoms with Crippen LogP contribution in [0.4, 0.5) is 0 Å². The Kier molecular flexibility index (Phi) is 10.4. The van der Waals surface area contributed by atoms with Gasteiger partial charge in [0.1, 0.15) is 0 Å². The number of unbranched alkanes of at least 4 members (excludes halogenated alkanes) is 1. The smallest absolute Gasteiger partial charge is 0.311 e. The standard InChI is InChI=1S/C30H35NO3/c1-2-34-30(33)27(21-13-12-18-24-14-6-3-7-15-24)28(23-22-25-16-8-4-9-17-25)31-29(32)26-19-10-5-11-20-26/h3-11,14-17,19-20,27-28H,2,12-13,18,21-23H2,1H3,(H,31,32)/t27-,28+/m0/s1. The quantitative estimate of drug-likeness (QED) is 0.253. The normalized spacial score (nSPS) is 12.5. The van der Waals surface area contributed by atoms with E-state index in [1.807, 2.05) is 49.4 Å². The number of hydrogen-bond acceptors (Lipinski definition) is 3. The number of hydrogen-bond donors (Lipinski definition) is 1. The van der Waals surface area contributed by atoms with Gasteiger partial charge in [0.15, 0.2) is 0 Å². The topological polar surface area (TPSA) is 55.4 Å². The van der Waals surface area contributed by atoms with Crippen LogP contribution < -0.4 is 5.32 Å². The molecule has 0 aliphatic heterocycles. The van der Waals surface area contributed by atoms with Gasteiger partial charge in [0.05, 0.1) is 12.5 Å². The van der Waals surface area contributed by atoms with Gasteiger partial charge in [-0.2, -0.15) is 0 Å². The van der Waals surface area contributed by atoms with E-state index in [1.165, 1.54) is 11.1 Å². The molecule has 0 heterocycles. The summed E-state index contributed by atoms with van der Waals surface area (Å²) in [5.41, 5.74) is 3.08. The van der Waals surface area contributed by atoms with Crippen LogP contribution >= 0.6 is 0 Å². The summed E-state index contributed by atoms with van der Waals surface area (Å²) in [5, 5.41) is 3.16. The maximum absolute atomic E-state index is 13.0. The third-order valence-electron chi connectivity index (χ3n) is 6.09. The first-order valence-electron chi connectivity index (χ1n) is 12.3. The second-order valence-corrected chi connectivity index (χ2v) is 8.56. The Balaban J connectivity index is 1.71. The number of esters is 1. The van der Waals surface area contributed by atoms with Gasteiger partial charge in [-0.25, -0.2) is 0 Å². The highest BCUT2D eigenvalue weighted by Crippen LogP contribution is 2.21. The molecule has 3 rings (SSSR count). The number of ether oxygens (including phenoxy) is 1. The molecule has 0 saturated heterocycles. The number of benzene rings is 3. The lowest BCUT2D eigenvalue weighted by Gasteiger charge is -2.27. The summed E-state index contributed by atoms with van der Waals surface area (Å²) in [7, 11) is 0. The van der Waals surface area contributed by atoms with Crippen LogP contribution in [-0.2, 0) is 22.4 Å². The largest absolute Gasteiger partial charge is 0.466 e. The number of rotatable bonds is 13. The van der Waals surface area contributed by atoms with Crippen molar-refractivity contribution in [1.29, 1.82) is 0 Å². The Bertz CT molecular complexity index is 989. The fourth-order valence-electron chi connectivity index (χ4n) is 4.25. The average Bonchev–Trinajstić information content (AvgIpc) is 2.88. The van der Waals surface area contributed by atoms with Crippen LogP contribution in [0, 0.1) is 5.92 Å². The molecule has 0 spiro atoms. The number of carbonyl (C=O) groups is 2. The molecule has 0 unspecified atom stereocenters. The molecule has 3 aromatic carbocycles. The zero-order valence-electron chi connectivity index (χ0n) is 20.0. The first-order valence-corrected chi connectivity index (χ1v) is 12.3. The van der Waals surface area contributed by atoms with Gasteiger partial charge in [-0.1, -0.05) is 85.3 Å². The monoisotopic (exact) mass is 457 g/mol. The summed E-state index contributed by atoms with van der Waals surface area (Å²) in [6.07, 6.45) is 4.98. The number of nitrogens with one attached hydrogen (secondary N) is 1. The molecule has 1 amide bonds. The van der Waals surface area contributed by atoms with E-state index in [0.717, 1.165) is 25.7 Å². The Morgan fingerprint density at radius 2 is 1.29 bits per heavy atom. The van der Waals surface area contributed by atoms with Crippen LogP contribution in [0.3, 0.4) is 0 Å².